The maximum Gasteiger partial charge on any atom is 0.270 e. The Kier molecular flexibility index (Phi) is 5.64. The van der Waals surface area contributed by atoms with Gasteiger partial charge in [-0.1, -0.05) is 38.0 Å². The van der Waals surface area contributed by atoms with Crippen LogP contribution in [0.3, 0.4) is 0 Å². The molecule has 0 saturated heterocycles. The standard InChI is InChI=1S/C20H26N4O/c1-3-4-7-12-21-19(25)17-14-15(2)22-20(23-17)24-13-8-10-16-9-5-6-11-18(16)24/h5-6,9,11,14H,3-4,7-8,10,12-13H2,1-2H3,(H,21,25). The Bertz CT molecular complexity index is 744. The molecule has 1 aromatic heterocycles. The van der Waals surface area contributed by atoms with Crippen LogP contribution >= 0.6 is 0 Å². The van der Waals surface area contributed by atoms with E-state index in [1.54, 1.807) is 6.07 Å². The monoisotopic (exact) mass is 338 g/mol. The van der Waals surface area contributed by atoms with Gasteiger partial charge in [-0.2, -0.15) is 0 Å². The number of hydrogen-bond acceptors (Lipinski definition) is 4. The highest BCUT2D eigenvalue weighted by Crippen LogP contribution is 2.31. The highest BCUT2D eigenvalue weighted by molar-refractivity contribution is 5.92. The molecule has 1 aliphatic rings. The molecular formula is C20H26N4O. The molecule has 0 bridgehead atoms. The zero-order chi connectivity index (χ0) is 17.6. The number of hydrogen-bond donors (Lipinski definition) is 1. The Morgan fingerprint density at radius 2 is 2.08 bits per heavy atom. The van der Waals surface area contributed by atoms with Crippen LogP contribution in [0.5, 0.6) is 0 Å². The summed E-state index contributed by atoms with van der Waals surface area (Å²) in [4.78, 5) is 23.7. The molecule has 2 heterocycles. The minimum Gasteiger partial charge on any atom is -0.351 e. The Morgan fingerprint density at radius 1 is 1.24 bits per heavy atom. The average molecular weight is 338 g/mol. The first-order valence-electron chi connectivity index (χ1n) is 9.18. The smallest absolute Gasteiger partial charge is 0.270 e. The lowest BCUT2D eigenvalue weighted by molar-refractivity contribution is 0.0947. The lowest BCUT2D eigenvalue weighted by Crippen LogP contribution is -2.29. The van der Waals surface area contributed by atoms with Crippen molar-refractivity contribution < 1.29 is 4.79 Å². The van der Waals surface area contributed by atoms with Gasteiger partial charge in [0.25, 0.3) is 5.91 Å². The zero-order valence-electron chi connectivity index (χ0n) is 15.1. The van der Waals surface area contributed by atoms with Crippen LogP contribution < -0.4 is 10.2 Å². The second kappa shape index (κ2) is 8.10. The van der Waals surface area contributed by atoms with Crippen LogP contribution in [0, 0.1) is 6.92 Å². The summed E-state index contributed by atoms with van der Waals surface area (Å²) in [5.74, 6) is 0.499. The number of carbonyl (C=O) groups excluding carboxylic acids is 1. The van der Waals surface area contributed by atoms with Crippen molar-refractivity contribution in [2.75, 3.05) is 18.0 Å². The molecular weight excluding hydrogens is 312 g/mol. The molecule has 25 heavy (non-hydrogen) atoms. The number of unbranched alkanes of at least 4 members (excludes halogenated alkanes) is 2. The van der Waals surface area contributed by atoms with Crippen LogP contribution in [-0.4, -0.2) is 29.0 Å². The summed E-state index contributed by atoms with van der Waals surface area (Å²) in [6.45, 7) is 5.63. The fraction of sp³-hybridized carbons (Fsp3) is 0.450. The number of para-hydroxylation sites is 1. The second-order valence-electron chi connectivity index (χ2n) is 6.54. The molecule has 132 valence electrons. The van der Waals surface area contributed by atoms with E-state index in [4.69, 9.17) is 0 Å². The van der Waals surface area contributed by atoms with Gasteiger partial charge >= 0.3 is 0 Å². The molecule has 0 atom stereocenters. The molecule has 0 radical (unpaired) electrons. The molecule has 0 saturated carbocycles. The lowest BCUT2D eigenvalue weighted by Gasteiger charge is -2.29. The summed E-state index contributed by atoms with van der Waals surface area (Å²) in [7, 11) is 0. The third-order valence-electron chi connectivity index (χ3n) is 4.49. The van der Waals surface area contributed by atoms with E-state index in [0.717, 1.165) is 50.0 Å². The molecule has 2 aromatic rings. The third kappa shape index (κ3) is 4.16. The Balaban J connectivity index is 1.82. The minimum absolute atomic E-state index is 0.117. The van der Waals surface area contributed by atoms with Crippen molar-refractivity contribution >= 4 is 17.5 Å². The van der Waals surface area contributed by atoms with Gasteiger partial charge in [0.15, 0.2) is 0 Å². The summed E-state index contributed by atoms with van der Waals surface area (Å²) in [6.07, 6.45) is 5.40. The fourth-order valence-corrected chi connectivity index (χ4v) is 3.20. The Hall–Kier alpha value is -2.43. The first-order valence-corrected chi connectivity index (χ1v) is 9.18. The van der Waals surface area contributed by atoms with Crippen LogP contribution in [0.15, 0.2) is 30.3 Å². The van der Waals surface area contributed by atoms with E-state index in [0.29, 0.717) is 18.2 Å². The first kappa shape index (κ1) is 17.4. The van der Waals surface area contributed by atoms with E-state index in [2.05, 4.69) is 45.3 Å². The number of fused-ring (bicyclic) bond motifs is 1. The van der Waals surface area contributed by atoms with Gasteiger partial charge < -0.3 is 10.2 Å². The van der Waals surface area contributed by atoms with E-state index in [1.165, 1.54) is 5.56 Å². The second-order valence-corrected chi connectivity index (χ2v) is 6.54. The van der Waals surface area contributed by atoms with Gasteiger partial charge in [0, 0.05) is 24.5 Å². The van der Waals surface area contributed by atoms with Gasteiger partial charge in [0.1, 0.15) is 5.69 Å². The highest BCUT2D eigenvalue weighted by atomic mass is 16.1. The van der Waals surface area contributed by atoms with Gasteiger partial charge in [-0.25, -0.2) is 9.97 Å². The van der Waals surface area contributed by atoms with Crippen molar-refractivity contribution in [1.29, 1.82) is 0 Å². The number of aryl methyl sites for hydroxylation is 2. The molecule has 0 aliphatic carbocycles. The van der Waals surface area contributed by atoms with Gasteiger partial charge in [-0.3, -0.25) is 4.79 Å². The summed E-state index contributed by atoms with van der Waals surface area (Å²) in [5.41, 5.74) is 3.71. The largest absolute Gasteiger partial charge is 0.351 e. The number of benzene rings is 1. The number of nitrogens with zero attached hydrogens (tertiary/aromatic N) is 3. The van der Waals surface area contributed by atoms with Crippen LogP contribution in [0.4, 0.5) is 11.6 Å². The van der Waals surface area contributed by atoms with Crippen LogP contribution in [0.25, 0.3) is 0 Å². The fourth-order valence-electron chi connectivity index (χ4n) is 3.20. The predicted molar refractivity (Wildman–Crippen MR) is 100 cm³/mol. The molecule has 1 aliphatic heterocycles. The van der Waals surface area contributed by atoms with Gasteiger partial charge in [0.05, 0.1) is 0 Å². The highest BCUT2D eigenvalue weighted by Gasteiger charge is 2.21. The maximum atomic E-state index is 12.4. The van der Waals surface area contributed by atoms with Crippen LogP contribution in [-0.2, 0) is 6.42 Å². The van der Waals surface area contributed by atoms with Crippen molar-refractivity contribution in [3.05, 3.63) is 47.3 Å². The summed E-state index contributed by atoms with van der Waals surface area (Å²) in [5, 5.41) is 2.96. The van der Waals surface area contributed by atoms with Crippen LogP contribution in [0.1, 0.15) is 54.4 Å². The zero-order valence-corrected chi connectivity index (χ0v) is 15.1. The summed E-state index contributed by atoms with van der Waals surface area (Å²) < 4.78 is 0. The van der Waals surface area contributed by atoms with Gasteiger partial charge in [-0.15, -0.1) is 0 Å². The quantitative estimate of drug-likeness (QED) is 0.814. The summed E-state index contributed by atoms with van der Waals surface area (Å²) in [6, 6.07) is 10.1. The molecule has 1 aromatic carbocycles. The van der Waals surface area contributed by atoms with E-state index in [9.17, 15) is 4.79 Å². The van der Waals surface area contributed by atoms with Crippen molar-refractivity contribution in [3.8, 4) is 0 Å². The van der Waals surface area contributed by atoms with Crippen molar-refractivity contribution in [1.82, 2.24) is 15.3 Å². The summed E-state index contributed by atoms with van der Waals surface area (Å²) >= 11 is 0. The lowest BCUT2D eigenvalue weighted by atomic mass is 10.0. The van der Waals surface area contributed by atoms with Gasteiger partial charge in [-0.05, 0) is 43.9 Å². The Labute approximate surface area is 149 Å². The number of amides is 1. The topological polar surface area (TPSA) is 58.1 Å². The number of rotatable bonds is 6. The molecule has 3 rings (SSSR count). The first-order chi connectivity index (χ1) is 12.2. The van der Waals surface area contributed by atoms with Gasteiger partial charge in [0.2, 0.25) is 5.95 Å². The van der Waals surface area contributed by atoms with E-state index in [1.807, 2.05) is 13.0 Å². The van der Waals surface area contributed by atoms with E-state index in [-0.39, 0.29) is 5.91 Å². The van der Waals surface area contributed by atoms with E-state index < -0.39 is 0 Å². The van der Waals surface area contributed by atoms with Crippen molar-refractivity contribution in [2.24, 2.45) is 0 Å². The van der Waals surface area contributed by atoms with Crippen molar-refractivity contribution in [2.45, 2.75) is 46.0 Å². The SMILES string of the molecule is CCCCCNC(=O)c1cc(C)nc(N2CCCc3ccccc32)n1. The molecule has 1 N–H and O–H groups in total. The molecule has 0 spiro atoms. The molecule has 1 amide bonds. The average Bonchev–Trinajstić information content (AvgIpc) is 2.64. The van der Waals surface area contributed by atoms with E-state index >= 15 is 0 Å². The third-order valence-corrected chi connectivity index (χ3v) is 4.49. The minimum atomic E-state index is -0.117. The Morgan fingerprint density at radius 3 is 2.92 bits per heavy atom. The molecule has 5 nitrogen and oxygen atoms in total. The maximum absolute atomic E-state index is 12.4. The normalized spacial score (nSPS) is 13.4. The molecule has 0 fully saturated rings. The number of nitrogens with one attached hydrogen (secondary N) is 1. The molecule has 5 heteroatoms. The molecule has 0 unspecified atom stereocenters. The van der Waals surface area contributed by atoms with Crippen LogP contribution in [0.2, 0.25) is 0 Å². The number of anilines is 2. The van der Waals surface area contributed by atoms with Crippen molar-refractivity contribution in [3.63, 3.8) is 0 Å². The predicted octanol–water partition coefficient (Wildman–Crippen LogP) is 3.79. The number of aromatic nitrogens is 2. The number of carbonyl (C=O) groups is 1.